The highest BCUT2D eigenvalue weighted by atomic mass is 16.7. The molecule has 0 aliphatic heterocycles. The third kappa shape index (κ3) is 3.75. The third-order valence-electron chi connectivity index (χ3n) is 5.56. The molecule has 5 nitrogen and oxygen atoms in total. The average molecular weight is 412 g/mol. The van der Waals surface area contributed by atoms with Crippen LogP contribution in [0.1, 0.15) is 47.8 Å². The van der Waals surface area contributed by atoms with Crippen LogP contribution >= 0.6 is 0 Å². The number of fused-ring (bicyclic) bond motifs is 3. The first kappa shape index (κ1) is 20.5. The maximum Gasteiger partial charge on any atom is 0.331 e. The van der Waals surface area contributed by atoms with Crippen LogP contribution < -0.4 is 0 Å². The number of aromatic nitrogens is 1. The Morgan fingerprint density at radius 1 is 0.903 bits per heavy atom. The molecule has 156 valence electrons. The van der Waals surface area contributed by atoms with Gasteiger partial charge >= 0.3 is 5.97 Å². The first-order chi connectivity index (χ1) is 14.9. The summed E-state index contributed by atoms with van der Waals surface area (Å²) in [5.41, 5.74) is 5.97. The van der Waals surface area contributed by atoms with E-state index in [0.29, 0.717) is 16.8 Å². The molecule has 0 saturated carbocycles. The maximum absolute atomic E-state index is 13.2. The molecule has 0 aliphatic rings. The minimum atomic E-state index is -0.456. The van der Waals surface area contributed by atoms with E-state index in [-0.39, 0.29) is 5.78 Å². The molecular formula is C26H24N2O3. The Labute approximate surface area is 180 Å². The zero-order chi connectivity index (χ0) is 22.1. The van der Waals surface area contributed by atoms with Crippen LogP contribution in [0, 0.1) is 6.92 Å². The van der Waals surface area contributed by atoms with Crippen molar-refractivity contribution < 1.29 is 14.4 Å². The molecule has 0 atom stereocenters. The van der Waals surface area contributed by atoms with Crippen LogP contribution in [-0.2, 0) is 16.2 Å². The first-order valence-corrected chi connectivity index (χ1v) is 10.3. The van der Waals surface area contributed by atoms with Crippen molar-refractivity contribution in [1.82, 2.24) is 4.57 Å². The van der Waals surface area contributed by atoms with Crippen LogP contribution in [0.15, 0.2) is 65.8 Å². The van der Waals surface area contributed by atoms with E-state index in [1.165, 1.54) is 6.92 Å². The van der Waals surface area contributed by atoms with Gasteiger partial charge < -0.3 is 9.40 Å². The summed E-state index contributed by atoms with van der Waals surface area (Å²) < 4.78 is 2.23. The molecule has 0 N–H and O–H groups in total. The van der Waals surface area contributed by atoms with Crippen molar-refractivity contribution in [2.24, 2.45) is 5.16 Å². The predicted molar refractivity (Wildman–Crippen MR) is 124 cm³/mol. The van der Waals surface area contributed by atoms with Crippen molar-refractivity contribution in [2.45, 2.75) is 34.2 Å². The number of rotatable bonds is 5. The lowest BCUT2D eigenvalue weighted by Crippen LogP contribution is -2.03. The molecule has 5 heteroatoms. The van der Waals surface area contributed by atoms with Crippen molar-refractivity contribution in [3.8, 4) is 0 Å². The Hall–Kier alpha value is -3.73. The molecule has 0 spiro atoms. The van der Waals surface area contributed by atoms with Crippen LogP contribution in [-0.4, -0.2) is 22.0 Å². The van der Waals surface area contributed by atoms with Gasteiger partial charge in [0.25, 0.3) is 0 Å². The van der Waals surface area contributed by atoms with Crippen LogP contribution in [0.4, 0.5) is 0 Å². The smallest absolute Gasteiger partial charge is 0.331 e. The molecule has 0 saturated heterocycles. The van der Waals surface area contributed by atoms with Crippen molar-refractivity contribution in [3.05, 3.63) is 82.9 Å². The number of oxime groups is 1. The van der Waals surface area contributed by atoms with E-state index in [2.05, 4.69) is 16.6 Å². The molecular weight excluding hydrogens is 388 g/mol. The minimum Gasteiger partial charge on any atom is -0.341 e. The molecule has 0 fully saturated rings. The molecule has 1 heterocycles. The second-order valence-corrected chi connectivity index (χ2v) is 7.61. The number of carbonyl (C=O) groups is 2. The maximum atomic E-state index is 13.2. The van der Waals surface area contributed by atoms with Crippen LogP contribution in [0.3, 0.4) is 0 Å². The van der Waals surface area contributed by atoms with E-state index in [0.717, 1.165) is 39.5 Å². The van der Waals surface area contributed by atoms with Crippen molar-refractivity contribution in [2.75, 3.05) is 0 Å². The normalized spacial score (nSPS) is 11.8. The van der Waals surface area contributed by atoms with E-state index in [4.69, 9.17) is 4.84 Å². The molecule has 0 amide bonds. The molecule has 4 rings (SSSR count). The Kier molecular flexibility index (Phi) is 5.42. The zero-order valence-corrected chi connectivity index (χ0v) is 18.1. The minimum absolute atomic E-state index is 0.0150. The van der Waals surface area contributed by atoms with Gasteiger partial charge in [-0.05, 0) is 62.2 Å². The van der Waals surface area contributed by atoms with Crippen molar-refractivity contribution >= 4 is 39.3 Å². The molecule has 31 heavy (non-hydrogen) atoms. The quantitative estimate of drug-likeness (QED) is 0.184. The van der Waals surface area contributed by atoms with Gasteiger partial charge in [0.1, 0.15) is 0 Å². The summed E-state index contributed by atoms with van der Waals surface area (Å²) in [5, 5.41) is 5.95. The number of aryl methyl sites for hydroxylation is 2. The summed E-state index contributed by atoms with van der Waals surface area (Å²) in [7, 11) is 0. The molecule has 0 radical (unpaired) electrons. The van der Waals surface area contributed by atoms with Gasteiger partial charge in [-0.1, -0.05) is 35.5 Å². The number of benzene rings is 3. The van der Waals surface area contributed by atoms with Crippen molar-refractivity contribution in [1.29, 1.82) is 0 Å². The van der Waals surface area contributed by atoms with Crippen molar-refractivity contribution in [3.63, 3.8) is 0 Å². The van der Waals surface area contributed by atoms with Crippen LogP contribution in [0.5, 0.6) is 0 Å². The lowest BCUT2D eigenvalue weighted by molar-refractivity contribution is -0.140. The topological polar surface area (TPSA) is 60.7 Å². The highest BCUT2D eigenvalue weighted by Gasteiger charge is 2.16. The molecule has 1 aromatic heterocycles. The van der Waals surface area contributed by atoms with Gasteiger partial charge in [0, 0.05) is 46.4 Å². The summed E-state index contributed by atoms with van der Waals surface area (Å²) in [5.74, 6) is -0.441. The summed E-state index contributed by atoms with van der Waals surface area (Å²) in [6.07, 6.45) is 0. The Morgan fingerprint density at radius 2 is 1.52 bits per heavy atom. The summed E-state index contributed by atoms with van der Waals surface area (Å²) in [6, 6.07) is 19.6. The fourth-order valence-electron chi connectivity index (χ4n) is 3.98. The second kappa shape index (κ2) is 8.19. The number of hydrogen-bond donors (Lipinski definition) is 0. The molecule has 0 unspecified atom stereocenters. The van der Waals surface area contributed by atoms with Gasteiger partial charge in [-0.2, -0.15) is 0 Å². The zero-order valence-electron chi connectivity index (χ0n) is 18.1. The summed E-state index contributed by atoms with van der Waals surface area (Å²) in [6.45, 7) is 7.99. The van der Waals surface area contributed by atoms with Gasteiger partial charge in [0.15, 0.2) is 5.78 Å². The Bertz CT molecular complexity index is 1360. The number of nitrogens with zero attached hydrogens (tertiary/aromatic N) is 2. The summed E-state index contributed by atoms with van der Waals surface area (Å²) in [4.78, 5) is 29.1. The highest BCUT2D eigenvalue weighted by molar-refractivity contribution is 6.16. The fraction of sp³-hybridized carbons (Fsp3) is 0.192. The summed E-state index contributed by atoms with van der Waals surface area (Å²) >= 11 is 0. The monoisotopic (exact) mass is 412 g/mol. The van der Waals surface area contributed by atoms with E-state index >= 15 is 0 Å². The molecule has 4 aromatic rings. The molecule has 0 bridgehead atoms. The Balaban J connectivity index is 1.89. The van der Waals surface area contributed by atoms with Gasteiger partial charge in [-0.15, -0.1) is 0 Å². The average Bonchev–Trinajstić information content (AvgIpc) is 3.09. The van der Waals surface area contributed by atoms with Gasteiger partial charge in [-0.25, -0.2) is 4.79 Å². The molecule has 3 aromatic carbocycles. The van der Waals surface area contributed by atoms with Gasteiger partial charge in [0.2, 0.25) is 0 Å². The second-order valence-electron chi connectivity index (χ2n) is 7.61. The SMILES string of the molecule is CCn1c2ccc(C(=O)c3ccccc3C)cc2c2cc(C(C)=NOC(C)=O)ccc21. The molecule has 0 aliphatic carbocycles. The third-order valence-corrected chi connectivity index (χ3v) is 5.56. The standard InChI is InChI=1S/C26H24N2O3/c1-5-28-24-12-10-19(17(3)27-31-18(4)29)14-22(24)23-15-20(11-13-25(23)28)26(30)21-9-7-6-8-16(21)2/h6-15H,5H2,1-4H3. The predicted octanol–water partition coefficient (Wildman–Crippen LogP) is 5.64. The van der Waals surface area contributed by atoms with E-state index in [1.54, 1.807) is 6.92 Å². The first-order valence-electron chi connectivity index (χ1n) is 10.3. The van der Waals surface area contributed by atoms with Gasteiger partial charge in [-0.3, -0.25) is 4.79 Å². The van der Waals surface area contributed by atoms with E-state index in [9.17, 15) is 9.59 Å². The lowest BCUT2D eigenvalue weighted by Gasteiger charge is -2.06. The lowest BCUT2D eigenvalue weighted by atomic mass is 9.97. The van der Waals surface area contributed by atoms with E-state index in [1.807, 2.05) is 67.6 Å². The highest BCUT2D eigenvalue weighted by Crippen LogP contribution is 2.31. The largest absolute Gasteiger partial charge is 0.341 e. The number of ketones is 1. The number of hydrogen-bond acceptors (Lipinski definition) is 4. The van der Waals surface area contributed by atoms with Gasteiger partial charge in [0.05, 0.1) is 5.71 Å². The van der Waals surface area contributed by atoms with Crippen LogP contribution in [0.2, 0.25) is 0 Å². The van der Waals surface area contributed by atoms with Crippen LogP contribution in [0.25, 0.3) is 21.8 Å². The Morgan fingerprint density at radius 3 is 2.13 bits per heavy atom. The number of carbonyl (C=O) groups excluding carboxylic acids is 2. The van der Waals surface area contributed by atoms with E-state index < -0.39 is 5.97 Å². The fourth-order valence-corrected chi connectivity index (χ4v) is 3.98.